The Hall–Kier alpha value is -3.00. The van der Waals surface area contributed by atoms with Gasteiger partial charge in [-0.1, -0.05) is 6.07 Å². The molecule has 0 saturated heterocycles. The molecule has 0 atom stereocenters. The van der Waals surface area contributed by atoms with Crippen LogP contribution in [0, 0.1) is 0 Å². The minimum absolute atomic E-state index is 0.174. The summed E-state index contributed by atoms with van der Waals surface area (Å²) in [5, 5.41) is 8.52. The van der Waals surface area contributed by atoms with Gasteiger partial charge in [-0.2, -0.15) is 0 Å². The van der Waals surface area contributed by atoms with Gasteiger partial charge < -0.3 is 20.9 Å². The van der Waals surface area contributed by atoms with Gasteiger partial charge in [-0.15, -0.1) is 0 Å². The zero-order valence-corrected chi connectivity index (χ0v) is 14.5. The van der Waals surface area contributed by atoms with Crippen molar-refractivity contribution >= 4 is 29.0 Å². The quantitative estimate of drug-likeness (QED) is 0.708. The van der Waals surface area contributed by atoms with E-state index >= 15 is 0 Å². The molecule has 132 valence electrons. The zero-order valence-electron chi connectivity index (χ0n) is 14.5. The second-order valence-electron chi connectivity index (χ2n) is 5.73. The molecule has 0 fully saturated rings. The Kier molecular flexibility index (Phi) is 6.41. The van der Waals surface area contributed by atoms with Gasteiger partial charge in [0.1, 0.15) is 11.5 Å². The molecule has 0 bridgehead atoms. The summed E-state index contributed by atoms with van der Waals surface area (Å²) in [7, 11) is 3.98. The lowest BCUT2D eigenvalue weighted by Crippen LogP contribution is -2.21. The van der Waals surface area contributed by atoms with E-state index in [2.05, 4.69) is 30.8 Å². The molecule has 0 aliphatic heterocycles. The first-order valence-electron chi connectivity index (χ1n) is 7.83. The third kappa shape index (κ3) is 6.19. The number of rotatable bonds is 7. The summed E-state index contributed by atoms with van der Waals surface area (Å²) in [5.74, 6) is 0.0741. The normalized spacial score (nSPS) is 10.4. The molecule has 0 radical (unpaired) electrons. The van der Waals surface area contributed by atoms with Gasteiger partial charge >= 0.3 is 0 Å². The highest BCUT2D eigenvalue weighted by Gasteiger charge is 2.09. The van der Waals surface area contributed by atoms with Crippen LogP contribution in [0.4, 0.5) is 17.2 Å². The summed E-state index contributed by atoms with van der Waals surface area (Å²) in [6, 6.07) is 6.88. The maximum atomic E-state index is 12.2. The van der Waals surface area contributed by atoms with Crippen molar-refractivity contribution in [1.82, 2.24) is 14.9 Å². The molecule has 8 nitrogen and oxygen atoms in total. The zero-order chi connectivity index (χ0) is 18.2. The van der Waals surface area contributed by atoms with Gasteiger partial charge in [0, 0.05) is 31.4 Å². The number of carbonyl (C=O) groups is 2. The fraction of sp³-hybridized carbons (Fsp3) is 0.294. The number of benzene rings is 1. The van der Waals surface area contributed by atoms with E-state index in [-0.39, 0.29) is 17.5 Å². The average Bonchev–Trinajstić information content (AvgIpc) is 2.55. The van der Waals surface area contributed by atoms with Crippen molar-refractivity contribution in [2.24, 2.45) is 0 Å². The van der Waals surface area contributed by atoms with Crippen molar-refractivity contribution in [2.75, 3.05) is 43.1 Å². The maximum Gasteiger partial charge on any atom is 0.275 e. The molecule has 2 aromatic rings. The molecule has 1 aromatic carbocycles. The van der Waals surface area contributed by atoms with Crippen LogP contribution in [0.5, 0.6) is 0 Å². The number of likely N-dealkylation sites (N-methyl/N-ethyl adjacent to an activating group) is 1. The average molecular weight is 342 g/mol. The minimum Gasteiger partial charge on any atom is -0.368 e. The van der Waals surface area contributed by atoms with Gasteiger partial charge in [0.05, 0.1) is 12.4 Å². The van der Waals surface area contributed by atoms with E-state index in [9.17, 15) is 9.59 Å². The SMILES string of the molecule is CC(=O)Nc1cccc(NC(=O)c2cnc(NCCN(C)C)cn2)c1. The molecular formula is C17H22N6O2. The second kappa shape index (κ2) is 8.74. The second-order valence-corrected chi connectivity index (χ2v) is 5.73. The molecular weight excluding hydrogens is 320 g/mol. The summed E-state index contributed by atoms with van der Waals surface area (Å²) in [4.78, 5) is 33.7. The number of amides is 2. The van der Waals surface area contributed by atoms with Crippen LogP contribution in [0.3, 0.4) is 0 Å². The molecule has 3 N–H and O–H groups in total. The molecule has 1 aromatic heterocycles. The van der Waals surface area contributed by atoms with Crippen LogP contribution >= 0.6 is 0 Å². The molecule has 8 heteroatoms. The number of carbonyl (C=O) groups excluding carboxylic acids is 2. The molecule has 0 aliphatic rings. The van der Waals surface area contributed by atoms with Crippen LogP contribution in [0.15, 0.2) is 36.7 Å². The van der Waals surface area contributed by atoms with Crippen molar-refractivity contribution in [2.45, 2.75) is 6.92 Å². The highest BCUT2D eigenvalue weighted by Crippen LogP contribution is 2.15. The van der Waals surface area contributed by atoms with Gasteiger partial charge in [0.15, 0.2) is 0 Å². The Balaban J connectivity index is 1.95. The minimum atomic E-state index is -0.368. The van der Waals surface area contributed by atoms with E-state index in [1.54, 1.807) is 24.3 Å². The van der Waals surface area contributed by atoms with Crippen molar-refractivity contribution in [1.29, 1.82) is 0 Å². The summed E-state index contributed by atoms with van der Waals surface area (Å²) in [5.41, 5.74) is 1.38. The number of nitrogens with one attached hydrogen (secondary N) is 3. The summed E-state index contributed by atoms with van der Waals surface area (Å²) in [6.45, 7) is 3.03. The topological polar surface area (TPSA) is 99.2 Å². The Bertz CT molecular complexity index is 730. The highest BCUT2D eigenvalue weighted by atomic mass is 16.2. The Labute approximate surface area is 146 Å². The van der Waals surface area contributed by atoms with Gasteiger partial charge in [-0.05, 0) is 32.3 Å². The van der Waals surface area contributed by atoms with E-state index in [0.717, 1.165) is 13.1 Å². The summed E-state index contributed by atoms with van der Waals surface area (Å²) >= 11 is 0. The number of nitrogens with zero attached hydrogens (tertiary/aromatic N) is 3. The first-order chi connectivity index (χ1) is 11.9. The van der Waals surface area contributed by atoms with E-state index < -0.39 is 0 Å². The van der Waals surface area contributed by atoms with Gasteiger partial charge in [-0.25, -0.2) is 9.97 Å². The molecule has 0 spiro atoms. The number of aromatic nitrogens is 2. The Morgan fingerprint density at radius 2 is 1.80 bits per heavy atom. The monoisotopic (exact) mass is 342 g/mol. The third-order valence-corrected chi connectivity index (χ3v) is 3.19. The van der Waals surface area contributed by atoms with E-state index in [1.807, 2.05) is 14.1 Å². The molecule has 0 saturated carbocycles. The van der Waals surface area contributed by atoms with Crippen LogP contribution < -0.4 is 16.0 Å². The lowest BCUT2D eigenvalue weighted by Gasteiger charge is -2.11. The summed E-state index contributed by atoms with van der Waals surface area (Å²) in [6.07, 6.45) is 2.95. The fourth-order valence-electron chi connectivity index (χ4n) is 2.02. The first kappa shape index (κ1) is 18.3. The van der Waals surface area contributed by atoms with Crippen molar-refractivity contribution in [3.8, 4) is 0 Å². The summed E-state index contributed by atoms with van der Waals surface area (Å²) < 4.78 is 0. The van der Waals surface area contributed by atoms with Crippen LogP contribution in [0.25, 0.3) is 0 Å². The van der Waals surface area contributed by atoms with Gasteiger partial charge in [0.2, 0.25) is 5.91 Å². The number of hydrogen-bond donors (Lipinski definition) is 3. The van der Waals surface area contributed by atoms with Crippen LogP contribution in [0.1, 0.15) is 17.4 Å². The molecule has 0 unspecified atom stereocenters. The van der Waals surface area contributed by atoms with Crippen molar-refractivity contribution in [3.05, 3.63) is 42.4 Å². The van der Waals surface area contributed by atoms with E-state index in [4.69, 9.17) is 0 Å². The van der Waals surface area contributed by atoms with Crippen LogP contribution in [0.2, 0.25) is 0 Å². The maximum absolute atomic E-state index is 12.2. The molecule has 0 aliphatic carbocycles. The number of anilines is 3. The van der Waals surface area contributed by atoms with Crippen LogP contribution in [-0.2, 0) is 4.79 Å². The van der Waals surface area contributed by atoms with E-state index in [0.29, 0.717) is 17.2 Å². The predicted octanol–water partition coefficient (Wildman–Crippen LogP) is 1.66. The molecule has 25 heavy (non-hydrogen) atoms. The largest absolute Gasteiger partial charge is 0.368 e. The lowest BCUT2D eigenvalue weighted by atomic mass is 10.2. The van der Waals surface area contributed by atoms with Crippen molar-refractivity contribution < 1.29 is 9.59 Å². The fourth-order valence-corrected chi connectivity index (χ4v) is 2.02. The van der Waals surface area contributed by atoms with Crippen molar-refractivity contribution in [3.63, 3.8) is 0 Å². The first-order valence-corrected chi connectivity index (χ1v) is 7.83. The van der Waals surface area contributed by atoms with Crippen LogP contribution in [-0.4, -0.2) is 53.9 Å². The number of hydrogen-bond acceptors (Lipinski definition) is 6. The highest BCUT2D eigenvalue weighted by molar-refractivity contribution is 6.03. The Morgan fingerprint density at radius 3 is 2.40 bits per heavy atom. The smallest absolute Gasteiger partial charge is 0.275 e. The molecule has 2 amide bonds. The third-order valence-electron chi connectivity index (χ3n) is 3.19. The predicted molar refractivity (Wildman–Crippen MR) is 97.8 cm³/mol. The molecule has 1 heterocycles. The molecule has 2 rings (SSSR count). The van der Waals surface area contributed by atoms with Gasteiger partial charge in [-0.3, -0.25) is 9.59 Å². The Morgan fingerprint density at radius 1 is 1.08 bits per heavy atom. The standard InChI is InChI=1S/C17H22N6O2/c1-12(24)21-13-5-4-6-14(9-13)22-17(25)15-10-20-16(11-19-15)18-7-8-23(2)3/h4-6,9-11H,7-8H2,1-3H3,(H,18,20)(H,21,24)(H,22,25). The van der Waals surface area contributed by atoms with E-state index in [1.165, 1.54) is 19.3 Å². The lowest BCUT2D eigenvalue weighted by molar-refractivity contribution is -0.114. The van der Waals surface area contributed by atoms with Gasteiger partial charge in [0.25, 0.3) is 5.91 Å².